The van der Waals surface area contributed by atoms with E-state index in [0.717, 1.165) is 10.3 Å². The molecule has 0 bridgehead atoms. The van der Waals surface area contributed by atoms with E-state index >= 15 is 0 Å². The van der Waals surface area contributed by atoms with Gasteiger partial charge in [-0.05, 0) is 17.0 Å². The second-order valence-corrected chi connectivity index (χ2v) is 10.8. The van der Waals surface area contributed by atoms with Gasteiger partial charge in [-0.25, -0.2) is 0 Å². The summed E-state index contributed by atoms with van der Waals surface area (Å²) in [4.78, 5) is 52.4. The van der Waals surface area contributed by atoms with Gasteiger partial charge in [0.05, 0.1) is 11.1 Å². The van der Waals surface area contributed by atoms with E-state index in [9.17, 15) is 19.2 Å². The van der Waals surface area contributed by atoms with Gasteiger partial charge in [0.2, 0.25) is 11.0 Å². The smallest absolute Gasteiger partial charge is 0.253 e. The standard InChI is InChI=1S/C22H16N2O4S4/c25-13-9-15(32-14-6-7-30-19(13)14)12-10-31-21-17(20(27)24(21)18(12)22(28)29)23-16(26)8-11-4-2-1-3-5-11/h1-7,9,17,21H,8,10H2,(H,23,26)(H,28,29)/t17?,21-/m1/s1. The van der Waals surface area contributed by atoms with Crippen molar-refractivity contribution in [3.63, 3.8) is 0 Å². The third-order valence-corrected chi connectivity index (χ3v) is 9.02. The van der Waals surface area contributed by atoms with Crippen LogP contribution in [0.3, 0.4) is 0 Å². The number of carbonyl (C=O) groups excluding carboxylic acids is 3. The van der Waals surface area contributed by atoms with Gasteiger partial charge in [-0.1, -0.05) is 43.0 Å². The van der Waals surface area contributed by atoms with E-state index in [1.54, 1.807) is 0 Å². The minimum atomic E-state index is -0.696. The van der Waals surface area contributed by atoms with Crippen LogP contribution >= 0.6 is 47.1 Å². The van der Waals surface area contributed by atoms with Gasteiger partial charge in [0.1, 0.15) is 17.1 Å². The molecule has 32 heavy (non-hydrogen) atoms. The van der Waals surface area contributed by atoms with Crippen molar-refractivity contribution in [1.82, 2.24) is 10.2 Å². The van der Waals surface area contributed by atoms with Crippen molar-refractivity contribution < 1.29 is 14.4 Å². The summed E-state index contributed by atoms with van der Waals surface area (Å²) in [5.41, 5.74) is 1.58. The highest BCUT2D eigenvalue weighted by Crippen LogP contribution is 2.45. The molecule has 2 amide bonds. The largest absolute Gasteiger partial charge is 0.341 e. The Morgan fingerprint density at radius 3 is 2.69 bits per heavy atom. The van der Waals surface area contributed by atoms with Gasteiger partial charge in [0.15, 0.2) is 5.43 Å². The lowest BCUT2D eigenvalue weighted by molar-refractivity contribution is -0.146. The lowest BCUT2D eigenvalue weighted by atomic mass is 10.0. The van der Waals surface area contributed by atoms with Crippen LogP contribution in [0.25, 0.3) is 15.0 Å². The van der Waals surface area contributed by atoms with Crippen LogP contribution in [0.1, 0.15) is 10.4 Å². The summed E-state index contributed by atoms with van der Waals surface area (Å²) < 4.78 is 1.53. The first-order chi connectivity index (χ1) is 15.4. The quantitative estimate of drug-likeness (QED) is 0.416. The van der Waals surface area contributed by atoms with Gasteiger partial charge in [0, 0.05) is 27.0 Å². The van der Waals surface area contributed by atoms with Crippen molar-refractivity contribution in [1.29, 1.82) is 0 Å². The van der Waals surface area contributed by atoms with Gasteiger partial charge in [-0.2, -0.15) is 0 Å². The highest BCUT2D eigenvalue weighted by atomic mass is 32.2. The molecule has 1 saturated heterocycles. The third kappa shape index (κ3) is 3.71. The average Bonchev–Trinajstić information content (AvgIpc) is 3.26. The van der Waals surface area contributed by atoms with Crippen LogP contribution in [0, 0.1) is 0 Å². The lowest BCUT2D eigenvalue weighted by Gasteiger charge is -2.49. The Balaban J connectivity index is 1.41. The molecule has 4 heterocycles. The number of thiophene rings is 1. The molecule has 2 aliphatic heterocycles. The van der Waals surface area contributed by atoms with E-state index in [0.29, 0.717) is 20.9 Å². The Labute approximate surface area is 200 Å². The Hall–Kier alpha value is -2.40. The molecule has 1 fully saturated rings. The summed E-state index contributed by atoms with van der Waals surface area (Å²) >= 11 is 8.29. The number of β-lactam (4-membered cyclic amide) rings is 1. The minimum Gasteiger partial charge on any atom is -0.341 e. The highest BCUT2D eigenvalue weighted by Gasteiger charge is 2.53. The van der Waals surface area contributed by atoms with Crippen molar-refractivity contribution in [3.05, 3.63) is 74.2 Å². The number of fused-ring (bicyclic) bond motifs is 2. The molecular weight excluding hydrogens is 485 g/mol. The molecule has 1 aromatic carbocycles. The first kappa shape index (κ1) is 21.4. The number of rotatable bonds is 5. The Bertz CT molecular complexity index is 1340. The maximum atomic E-state index is 12.9. The Morgan fingerprint density at radius 1 is 1.16 bits per heavy atom. The van der Waals surface area contributed by atoms with Crippen LogP contribution < -0.4 is 10.7 Å². The molecule has 2 aromatic heterocycles. The summed E-state index contributed by atoms with van der Waals surface area (Å²) in [5.74, 6) is -0.154. The molecule has 162 valence electrons. The molecular formula is C22H16N2O4S4. The number of carbonyl (C=O) groups is 3. The van der Waals surface area contributed by atoms with E-state index in [4.69, 9.17) is 0 Å². The number of nitrogens with one attached hydrogen (secondary N) is 1. The average molecular weight is 501 g/mol. The molecule has 1 unspecified atom stereocenters. The van der Waals surface area contributed by atoms with E-state index in [1.165, 1.54) is 45.4 Å². The van der Waals surface area contributed by atoms with Crippen molar-refractivity contribution in [2.24, 2.45) is 0 Å². The molecule has 0 saturated carbocycles. The van der Waals surface area contributed by atoms with E-state index in [2.05, 4.69) is 17.9 Å². The number of thioether (sulfide) groups is 1. The fraction of sp³-hybridized carbons (Fsp3) is 0.182. The predicted octanol–water partition coefficient (Wildman–Crippen LogP) is 3.13. The molecule has 2 aliphatic rings. The highest BCUT2D eigenvalue weighted by molar-refractivity contribution is 8.00. The molecule has 6 nitrogen and oxygen atoms in total. The van der Waals surface area contributed by atoms with Crippen LogP contribution in [0.15, 0.2) is 58.3 Å². The summed E-state index contributed by atoms with van der Waals surface area (Å²) in [7, 11) is 0. The fourth-order valence-electron chi connectivity index (χ4n) is 3.85. The van der Waals surface area contributed by atoms with Crippen LogP contribution in [-0.2, 0) is 20.8 Å². The summed E-state index contributed by atoms with van der Waals surface area (Å²) in [5, 5.41) is 3.76. The molecule has 0 aliphatic carbocycles. The zero-order valence-electron chi connectivity index (χ0n) is 16.4. The van der Waals surface area contributed by atoms with Crippen LogP contribution in [0.2, 0.25) is 0 Å². The first-order valence-electron chi connectivity index (χ1n) is 9.70. The van der Waals surface area contributed by atoms with Crippen LogP contribution in [0.4, 0.5) is 0 Å². The topological polar surface area (TPSA) is 83.6 Å². The summed E-state index contributed by atoms with van der Waals surface area (Å²) in [6.07, 6.45) is 0.177. The molecule has 1 N–H and O–H groups in total. The fourth-order valence-corrected chi connectivity index (χ4v) is 7.63. The zero-order chi connectivity index (χ0) is 22.4. The Morgan fingerprint density at radius 2 is 1.94 bits per heavy atom. The molecule has 0 radical (unpaired) electrons. The van der Waals surface area contributed by atoms with E-state index < -0.39 is 11.2 Å². The van der Waals surface area contributed by atoms with Gasteiger partial charge in [-0.3, -0.25) is 24.1 Å². The second-order valence-electron chi connectivity index (χ2n) is 7.34. The number of thiol groups is 1. The van der Waals surface area contributed by atoms with Gasteiger partial charge in [0.25, 0.3) is 5.91 Å². The number of benzene rings is 1. The number of hydrogen-bond acceptors (Lipinski definition) is 7. The normalized spacial score (nSPS) is 20.2. The molecule has 2 atom stereocenters. The number of hydrogen-bond donors (Lipinski definition) is 2. The number of amides is 2. The lowest BCUT2D eigenvalue weighted by Crippen LogP contribution is -2.70. The van der Waals surface area contributed by atoms with Crippen molar-refractivity contribution in [2.75, 3.05) is 5.75 Å². The van der Waals surface area contributed by atoms with Gasteiger partial charge < -0.3 is 5.32 Å². The van der Waals surface area contributed by atoms with Crippen molar-refractivity contribution >= 4 is 79.0 Å². The molecule has 5 rings (SSSR count). The summed E-state index contributed by atoms with van der Waals surface area (Å²) in [6, 6.07) is 12.0. The third-order valence-electron chi connectivity index (χ3n) is 5.33. The number of nitrogens with zero attached hydrogens (tertiary/aromatic N) is 1. The van der Waals surface area contributed by atoms with Crippen molar-refractivity contribution in [2.45, 2.75) is 17.8 Å². The maximum Gasteiger partial charge on any atom is 0.253 e. The SMILES string of the molecule is O=C(Cc1ccccc1)NC1C(=O)N2C(C(=O)S)=C(c3cc(=O)c4sccc4s3)CS[C@H]12. The monoisotopic (exact) mass is 500 g/mol. The van der Waals surface area contributed by atoms with E-state index in [1.807, 2.05) is 41.8 Å². The van der Waals surface area contributed by atoms with Crippen LogP contribution in [0.5, 0.6) is 0 Å². The van der Waals surface area contributed by atoms with Gasteiger partial charge in [-0.15, -0.1) is 34.4 Å². The zero-order valence-corrected chi connectivity index (χ0v) is 19.8. The second kappa shape index (κ2) is 8.51. The molecule has 3 aromatic rings. The first-order valence-corrected chi connectivity index (χ1v) is 12.9. The summed E-state index contributed by atoms with van der Waals surface area (Å²) in [6.45, 7) is 0. The molecule has 0 spiro atoms. The van der Waals surface area contributed by atoms with Crippen LogP contribution in [-0.4, -0.2) is 39.0 Å². The van der Waals surface area contributed by atoms with Gasteiger partial charge >= 0.3 is 0 Å². The van der Waals surface area contributed by atoms with E-state index in [-0.39, 0.29) is 34.7 Å². The van der Waals surface area contributed by atoms with Crippen molar-refractivity contribution in [3.8, 4) is 0 Å². The Kier molecular flexibility index (Phi) is 5.70. The minimum absolute atomic E-state index is 0.102. The molecule has 10 heteroatoms. The maximum absolute atomic E-state index is 12.9. The predicted molar refractivity (Wildman–Crippen MR) is 132 cm³/mol.